The standard InChI is InChI=1S/C16H23N3O3/c1-13(2)22-15-5-3-14(4-6-15)11-17-18-16(20)12-19-7-9-21-10-8-19/h3-6,11,13H,7-10,12H2,1-2H3,(H,18,20)/b17-11+. The maximum Gasteiger partial charge on any atom is 0.254 e. The number of nitrogens with one attached hydrogen (secondary N) is 1. The zero-order chi connectivity index (χ0) is 15.8. The smallest absolute Gasteiger partial charge is 0.254 e. The van der Waals surface area contributed by atoms with Crippen molar-refractivity contribution >= 4 is 12.1 Å². The van der Waals surface area contributed by atoms with Crippen LogP contribution in [0, 0.1) is 0 Å². The van der Waals surface area contributed by atoms with E-state index in [4.69, 9.17) is 9.47 Å². The van der Waals surface area contributed by atoms with Crippen molar-refractivity contribution in [2.45, 2.75) is 20.0 Å². The predicted octanol–water partition coefficient (Wildman–Crippen LogP) is 1.26. The van der Waals surface area contributed by atoms with Gasteiger partial charge in [0.25, 0.3) is 5.91 Å². The second kappa shape index (κ2) is 8.51. The quantitative estimate of drug-likeness (QED) is 0.635. The number of hydrogen-bond donors (Lipinski definition) is 1. The third-order valence-corrected chi connectivity index (χ3v) is 3.13. The fourth-order valence-electron chi connectivity index (χ4n) is 2.08. The lowest BCUT2D eigenvalue weighted by atomic mass is 10.2. The number of hydrazone groups is 1. The number of morpholine rings is 1. The highest BCUT2D eigenvalue weighted by Crippen LogP contribution is 2.12. The molecule has 0 aliphatic carbocycles. The van der Waals surface area contributed by atoms with Crippen molar-refractivity contribution in [3.05, 3.63) is 29.8 Å². The molecule has 1 saturated heterocycles. The number of carbonyl (C=O) groups is 1. The van der Waals surface area contributed by atoms with Crippen molar-refractivity contribution in [2.75, 3.05) is 32.8 Å². The van der Waals surface area contributed by atoms with Gasteiger partial charge in [-0.1, -0.05) is 0 Å². The Kier molecular flexibility index (Phi) is 6.36. The van der Waals surface area contributed by atoms with Crippen molar-refractivity contribution in [2.24, 2.45) is 5.10 Å². The first-order valence-electron chi connectivity index (χ1n) is 7.52. The molecular weight excluding hydrogens is 282 g/mol. The molecule has 0 spiro atoms. The van der Waals surface area contributed by atoms with Crippen LogP contribution in [0.1, 0.15) is 19.4 Å². The number of ether oxygens (including phenoxy) is 2. The average molecular weight is 305 g/mol. The van der Waals surface area contributed by atoms with Crippen LogP contribution in [-0.4, -0.2) is 56.0 Å². The van der Waals surface area contributed by atoms with Crippen LogP contribution in [0.3, 0.4) is 0 Å². The molecule has 0 radical (unpaired) electrons. The van der Waals surface area contributed by atoms with Crippen molar-refractivity contribution < 1.29 is 14.3 Å². The Morgan fingerprint density at radius 1 is 1.36 bits per heavy atom. The maximum absolute atomic E-state index is 11.7. The second-order valence-electron chi connectivity index (χ2n) is 5.42. The van der Waals surface area contributed by atoms with Crippen LogP contribution < -0.4 is 10.2 Å². The van der Waals surface area contributed by atoms with Gasteiger partial charge in [-0.3, -0.25) is 9.69 Å². The Bertz CT molecular complexity index is 494. The van der Waals surface area contributed by atoms with Gasteiger partial charge in [0, 0.05) is 13.1 Å². The highest BCUT2D eigenvalue weighted by molar-refractivity contribution is 5.83. The van der Waals surface area contributed by atoms with Crippen molar-refractivity contribution in [3.8, 4) is 5.75 Å². The zero-order valence-electron chi connectivity index (χ0n) is 13.1. The first-order chi connectivity index (χ1) is 10.6. The van der Waals surface area contributed by atoms with Crippen LogP contribution >= 0.6 is 0 Å². The molecule has 2 rings (SSSR count). The molecule has 1 aliphatic rings. The van der Waals surface area contributed by atoms with E-state index in [-0.39, 0.29) is 12.0 Å². The SMILES string of the molecule is CC(C)Oc1ccc(/C=N/NC(=O)CN2CCOCC2)cc1. The van der Waals surface area contributed by atoms with Crippen LogP contribution in [0.5, 0.6) is 5.75 Å². The topological polar surface area (TPSA) is 63.2 Å². The van der Waals surface area contributed by atoms with E-state index in [1.165, 1.54) is 0 Å². The zero-order valence-corrected chi connectivity index (χ0v) is 13.1. The van der Waals surface area contributed by atoms with Gasteiger partial charge >= 0.3 is 0 Å². The second-order valence-corrected chi connectivity index (χ2v) is 5.42. The molecule has 1 amide bonds. The Morgan fingerprint density at radius 2 is 2.05 bits per heavy atom. The van der Waals surface area contributed by atoms with Crippen LogP contribution in [0.15, 0.2) is 29.4 Å². The van der Waals surface area contributed by atoms with Crippen molar-refractivity contribution in [1.82, 2.24) is 10.3 Å². The first-order valence-corrected chi connectivity index (χ1v) is 7.52. The third-order valence-electron chi connectivity index (χ3n) is 3.13. The van der Waals surface area contributed by atoms with Crippen LogP contribution in [0.2, 0.25) is 0 Å². The predicted molar refractivity (Wildman–Crippen MR) is 85.2 cm³/mol. The highest BCUT2D eigenvalue weighted by atomic mass is 16.5. The summed E-state index contributed by atoms with van der Waals surface area (Å²) in [5.41, 5.74) is 3.45. The van der Waals surface area contributed by atoms with E-state index in [9.17, 15) is 4.79 Å². The van der Waals surface area contributed by atoms with Gasteiger partial charge < -0.3 is 9.47 Å². The Labute approximate surface area is 131 Å². The molecule has 1 N–H and O–H groups in total. The lowest BCUT2D eigenvalue weighted by Gasteiger charge is -2.25. The van der Waals surface area contributed by atoms with Gasteiger partial charge in [-0.15, -0.1) is 0 Å². The summed E-state index contributed by atoms with van der Waals surface area (Å²) in [6.45, 7) is 7.26. The van der Waals surface area contributed by atoms with E-state index in [1.54, 1.807) is 6.21 Å². The fourth-order valence-corrected chi connectivity index (χ4v) is 2.08. The molecule has 1 aromatic carbocycles. The van der Waals surface area contributed by atoms with E-state index in [0.717, 1.165) is 24.4 Å². The van der Waals surface area contributed by atoms with E-state index in [0.29, 0.717) is 19.8 Å². The summed E-state index contributed by atoms with van der Waals surface area (Å²) in [6, 6.07) is 7.57. The Balaban J connectivity index is 1.75. The largest absolute Gasteiger partial charge is 0.491 e. The van der Waals surface area contributed by atoms with Gasteiger partial charge in [-0.2, -0.15) is 5.10 Å². The maximum atomic E-state index is 11.7. The van der Waals surface area contributed by atoms with E-state index < -0.39 is 0 Å². The molecule has 6 heteroatoms. The Morgan fingerprint density at radius 3 is 2.68 bits per heavy atom. The third kappa shape index (κ3) is 5.83. The molecule has 0 aromatic heterocycles. The summed E-state index contributed by atoms with van der Waals surface area (Å²) in [5, 5.41) is 3.97. The molecule has 1 aliphatic heterocycles. The number of benzene rings is 1. The van der Waals surface area contributed by atoms with Crippen molar-refractivity contribution in [1.29, 1.82) is 0 Å². The summed E-state index contributed by atoms with van der Waals surface area (Å²) >= 11 is 0. The minimum atomic E-state index is -0.113. The molecular formula is C16H23N3O3. The molecule has 1 aromatic rings. The van der Waals surface area contributed by atoms with Gasteiger partial charge in [0.15, 0.2) is 0 Å². The number of hydrogen-bond acceptors (Lipinski definition) is 5. The van der Waals surface area contributed by atoms with Gasteiger partial charge in [0.1, 0.15) is 5.75 Å². The minimum absolute atomic E-state index is 0.113. The molecule has 0 bridgehead atoms. The normalized spacial score (nSPS) is 16.1. The minimum Gasteiger partial charge on any atom is -0.491 e. The lowest BCUT2D eigenvalue weighted by Crippen LogP contribution is -2.42. The highest BCUT2D eigenvalue weighted by Gasteiger charge is 2.13. The van der Waals surface area contributed by atoms with Gasteiger partial charge in [-0.05, 0) is 43.7 Å². The summed E-state index contributed by atoms with van der Waals surface area (Å²) in [6.07, 6.45) is 1.77. The molecule has 1 fully saturated rings. The summed E-state index contributed by atoms with van der Waals surface area (Å²) in [4.78, 5) is 13.8. The molecule has 6 nitrogen and oxygen atoms in total. The number of amides is 1. The molecule has 0 atom stereocenters. The Hall–Kier alpha value is -1.92. The summed E-state index contributed by atoms with van der Waals surface area (Å²) < 4.78 is 10.8. The first kappa shape index (κ1) is 16.5. The monoisotopic (exact) mass is 305 g/mol. The number of rotatable bonds is 6. The molecule has 120 valence electrons. The fraction of sp³-hybridized carbons (Fsp3) is 0.500. The molecule has 1 heterocycles. The summed E-state index contributed by atoms with van der Waals surface area (Å²) in [7, 11) is 0. The van der Waals surface area contributed by atoms with Gasteiger partial charge in [0.2, 0.25) is 0 Å². The average Bonchev–Trinajstić information content (AvgIpc) is 2.49. The van der Waals surface area contributed by atoms with Gasteiger partial charge in [-0.25, -0.2) is 5.43 Å². The number of carbonyl (C=O) groups excluding carboxylic acids is 1. The summed E-state index contributed by atoms with van der Waals surface area (Å²) in [5.74, 6) is 0.710. The van der Waals surface area contributed by atoms with Crippen molar-refractivity contribution in [3.63, 3.8) is 0 Å². The molecule has 0 unspecified atom stereocenters. The lowest BCUT2D eigenvalue weighted by molar-refractivity contribution is -0.123. The van der Waals surface area contributed by atoms with Crippen LogP contribution in [0.25, 0.3) is 0 Å². The van der Waals surface area contributed by atoms with E-state index in [2.05, 4.69) is 10.5 Å². The van der Waals surface area contributed by atoms with E-state index >= 15 is 0 Å². The molecule has 0 saturated carbocycles. The van der Waals surface area contributed by atoms with Crippen LogP contribution in [-0.2, 0) is 9.53 Å². The molecule has 22 heavy (non-hydrogen) atoms. The number of nitrogens with zero attached hydrogens (tertiary/aromatic N) is 2. The van der Waals surface area contributed by atoms with Gasteiger partial charge in [0.05, 0.1) is 32.1 Å². The van der Waals surface area contributed by atoms with E-state index in [1.807, 2.05) is 43.0 Å². The van der Waals surface area contributed by atoms with Crippen LogP contribution in [0.4, 0.5) is 0 Å².